The number of ether oxygens (including phenoxy) is 1. The van der Waals surface area contributed by atoms with Crippen LogP contribution in [0.2, 0.25) is 0 Å². The van der Waals surface area contributed by atoms with Crippen molar-refractivity contribution in [3.63, 3.8) is 0 Å². The summed E-state index contributed by atoms with van der Waals surface area (Å²) in [4.78, 5) is 0. The maximum Gasteiger partial charge on any atom is 0.209 e. The minimum atomic E-state index is -3.27. The van der Waals surface area contributed by atoms with Gasteiger partial charge < -0.3 is 4.74 Å². The van der Waals surface area contributed by atoms with E-state index in [1.54, 1.807) is 0 Å². The van der Waals surface area contributed by atoms with Crippen molar-refractivity contribution in [3.05, 3.63) is 0 Å². The topological polar surface area (TPSA) is 69.4 Å². The monoisotopic (exact) mass is 251 g/mol. The van der Waals surface area contributed by atoms with Crippen LogP contribution in [0, 0.1) is 0 Å². The molecule has 16 heavy (non-hydrogen) atoms. The van der Waals surface area contributed by atoms with Crippen molar-refractivity contribution in [2.24, 2.45) is 5.14 Å². The lowest BCUT2D eigenvalue weighted by Crippen LogP contribution is -2.16. The molecule has 0 aliphatic carbocycles. The van der Waals surface area contributed by atoms with Crippen molar-refractivity contribution in [1.82, 2.24) is 0 Å². The summed E-state index contributed by atoms with van der Waals surface area (Å²) in [5, 5.41) is 4.90. The van der Waals surface area contributed by atoms with Crippen LogP contribution in [0.15, 0.2) is 0 Å². The highest BCUT2D eigenvalue weighted by atomic mass is 32.2. The fourth-order valence-corrected chi connectivity index (χ4v) is 2.14. The third-order valence-electron chi connectivity index (χ3n) is 2.42. The number of hydrogen-bond donors (Lipinski definition) is 1. The molecular formula is C11H25NO3S. The van der Waals surface area contributed by atoms with Gasteiger partial charge in [0.05, 0.1) is 11.9 Å². The Morgan fingerprint density at radius 3 is 2.38 bits per heavy atom. The zero-order chi connectivity index (χ0) is 12.4. The van der Waals surface area contributed by atoms with Gasteiger partial charge in [-0.05, 0) is 26.2 Å². The van der Waals surface area contributed by atoms with Crippen molar-refractivity contribution in [1.29, 1.82) is 0 Å². The van der Waals surface area contributed by atoms with Crippen molar-refractivity contribution in [2.45, 2.75) is 58.5 Å². The van der Waals surface area contributed by atoms with E-state index in [2.05, 4.69) is 13.8 Å². The largest absolute Gasteiger partial charge is 0.379 e. The van der Waals surface area contributed by atoms with Crippen LogP contribution in [-0.2, 0) is 14.8 Å². The van der Waals surface area contributed by atoms with Crippen LogP contribution in [0.4, 0.5) is 0 Å². The molecule has 0 aromatic heterocycles. The molecule has 5 heteroatoms. The van der Waals surface area contributed by atoms with Crippen molar-refractivity contribution >= 4 is 10.0 Å². The summed E-state index contributed by atoms with van der Waals surface area (Å²) in [7, 11) is -3.27. The van der Waals surface area contributed by atoms with Crippen LogP contribution in [0.3, 0.4) is 0 Å². The maximum atomic E-state index is 10.6. The summed E-state index contributed by atoms with van der Waals surface area (Å²) >= 11 is 0. The van der Waals surface area contributed by atoms with Crippen molar-refractivity contribution in [3.8, 4) is 0 Å². The highest BCUT2D eigenvalue weighted by Gasteiger charge is 2.02. The summed E-state index contributed by atoms with van der Waals surface area (Å²) in [6, 6.07) is 0. The van der Waals surface area contributed by atoms with E-state index in [4.69, 9.17) is 9.88 Å². The van der Waals surface area contributed by atoms with Crippen LogP contribution in [-0.4, -0.2) is 26.9 Å². The normalized spacial score (nSPS) is 13.9. The van der Waals surface area contributed by atoms with Gasteiger partial charge in [-0.15, -0.1) is 0 Å². The van der Waals surface area contributed by atoms with Gasteiger partial charge in [0.15, 0.2) is 0 Å². The van der Waals surface area contributed by atoms with E-state index in [1.165, 1.54) is 0 Å². The molecule has 0 aromatic rings. The molecule has 0 aliphatic heterocycles. The van der Waals surface area contributed by atoms with E-state index in [0.29, 0.717) is 12.5 Å². The lowest BCUT2D eigenvalue weighted by molar-refractivity contribution is 0.0571. The van der Waals surface area contributed by atoms with Crippen molar-refractivity contribution < 1.29 is 13.2 Å². The van der Waals surface area contributed by atoms with Crippen molar-refractivity contribution in [2.75, 3.05) is 12.4 Å². The first-order valence-corrected chi connectivity index (χ1v) is 7.79. The number of primary sulfonamides is 1. The molecule has 2 N–H and O–H groups in total. The highest BCUT2D eigenvalue weighted by Crippen LogP contribution is 2.05. The Morgan fingerprint density at radius 1 is 1.19 bits per heavy atom. The Bertz CT molecular complexity index is 252. The highest BCUT2D eigenvalue weighted by molar-refractivity contribution is 7.89. The summed E-state index contributed by atoms with van der Waals surface area (Å²) in [5.74, 6) is 0.0973. The lowest BCUT2D eigenvalue weighted by atomic mass is 10.2. The molecular weight excluding hydrogens is 226 g/mol. The number of nitrogens with two attached hydrogens (primary N) is 1. The van der Waals surface area contributed by atoms with Gasteiger partial charge in [0.1, 0.15) is 0 Å². The van der Waals surface area contributed by atoms with E-state index in [-0.39, 0.29) is 5.75 Å². The van der Waals surface area contributed by atoms with Crippen LogP contribution in [0.5, 0.6) is 0 Å². The first-order valence-electron chi connectivity index (χ1n) is 6.07. The quantitative estimate of drug-likeness (QED) is 0.604. The molecule has 0 saturated carbocycles. The lowest BCUT2D eigenvalue weighted by Gasteiger charge is -2.11. The summed E-state index contributed by atoms with van der Waals surface area (Å²) in [6.45, 7) is 5.01. The Morgan fingerprint density at radius 2 is 1.81 bits per heavy atom. The van der Waals surface area contributed by atoms with E-state index in [1.807, 2.05) is 0 Å². The van der Waals surface area contributed by atoms with Gasteiger partial charge in [-0.2, -0.15) is 0 Å². The van der Waals surface area contributed by atoms with Crippen LogP contribution < -0.4 is 5.14 Å². The average molecular weight is 251 g/mol. The third kappa shape index (κ3) is 11.9. The number of unbranched alkanes of at least 4 members (excludes halogenated alkanes) is 3. The van der Waals surface area contributed by atoms with Gasteiger partial charge >= 0.3 is 0 Å². The molecule has 98 valence electrons. The molecule has 0 fully saturated rings. The zero-order valence-electron chi connectivity index (χ0n) is 10.4. The molecule has 0 saturated heterocycles. The van der Waals surface area contributed by atoms with Gasteiger partial charge in [-0.1, -0.05) is 26.2 Å². The molecule has 0 rings (SSSR count). The number of rotatable bonds is 10. The Kier molecular flexibility index (Phi) is 8.89. The van der Waals surface area contributed by atoms with Gasteiger partial charge in [-0.25, -0.2) is 13.6 Å². The Labute approximate surface area is 99.6 Å². The second kappa shape index (κ2) is 8.96. The third-order valence-corrected chi connectivity index (χ3v) is 3.28. The molecule has 0 spiro atoms. The van der Waals surface area contributed by atoms with E-state index in [0.717, 1.165) is 38.7 Å². The summed E-state index contributed by atoms with van der Waals surface area (Å²) < 4.78 is 26.9. The first-order chi connectivity index (χ1) is 7.45. The molecule has 0 heterocycles. The summed E-state index contributed by atoms with van der Waals surface area (Å²) in [6.07, 6.45) is 6.16. The Hall–Kier alpha value is -0.130. The van der Waals surface area contributed by atoms with E-state index >= 15 is 0 Å². The fraction of sp³-hybridized carbons (Fsp3) is 1.00. The minimum absolute atomic E-state index is 0.0973. The van der Waals surface area contributed by atoms with Crippen LogP contribution in [0.1, 0.15) is 52.4 Å². The molecule has 1 atom stereocenters. The second-order valence-corrected chi connectivity index (χ2v) is 5.99. The number of hydrogen-bond acceptors (Lipinski definition) is 3. The van der Waals surface area contributed by atoms with Gasteiger partial charge in [0.2, 0.25) is 10.0 Å². The van der Waals surface area contributed by atoms with Gasteiger partial charge in [-0.3, -0.25) is 0 Å². The standard InChI is InChI=1S/C11H25NO3S/c1-3-8-11(2)15-9-6-4-5-7-10-16(12,13)14/h11H,3-10H2,1-2H3,(H2,12,13,14). The smallest absolute Gasteiger partial charge is 0.209 e. The molecule has 0 aromatic carbocycles. The first kappa shape index (κ1) is 15.9. The average Bonchev–Trinajstić information content (AvgIpc) is 2.15. The van der Waals surface area contributed by atoms with Gasteiger partial charge in [0, 0.05) is 6.61 Å². The molecule has 1 unspecified atom stereocenters. The SMILES string of the molecule is CCCC(C)OCCCCCCS(N)(=O)=O. The Balaban J connectivity index is 3.22. The minimum Gasteiger partial charge on any atom is -0.379 e. The predicted octanol–water partition coefficient (Wildman–Crippen LogP) is 2.04. The molecule has 0 aliphatic rings. The predicted molar refractivity (Wildman–Crippen MR) is 66.8 cm³/mol. The molecule has 0 radical (unpaired) electrons. The van der Waals surface area contributed by atoms with E-state index < -0.39 is 10.0 Å². The molecule has 0 amide bonds. The van der Waals surface area contributed by atoms with Crippen LogP contribution in [0.25, 0.3) is 0 Å². The van der Waals surface area contributed by atoms with Crippen LogP contribution >= 0.6 is 0 Å². The zero-order valence-corrected chi connectivity index (χ0v) is 11.3. The molecule has 0 bridgehead atoms. The number of sulfonamides is 1. The van der Waals surface area contributed by atoms with Gasteiger partial charge in [0.25, 0.3) is 0 Å². The summed E-state index contributed by atoms with van der Waals surface area (Å²) in [5.41, 5.74) is 0. The molecule has 4 nitrogen and oxygen atoms in total. The van der Waals surface area contributed by atoms with E-state index in [9.17, 15) is 8.42 Å². The maximum absolute atomic E-state index is 10.6. The fourth-order valence-electron chi connectivity index (χ4n) is 1.53. The second-order valence-electron chi connectivity index (χ2n) is 4.25.